The third-order valence-electron chi connectivity index (χ3n) is 5.91. The molecule has 0 saturated carbocycles. The first-order valence-corrected chi connectivity index (χ1v) is 10.6. The average molecular weight is 466 g/mol. The minimum Gasteiger partial charge on any atom is -0.386 e. The molecule has 0 bridgehead atoms. The fraction of sp³-hybridized carbons (Fsp3) is 0.429. The van der Waals surface area contributed by atoms with E-state index >= 15 is 0 Å². The quantitative estimate of drug-likeness (QED) is 0.613. The smallest absolute Gasteiger partial charge is 0.260 e. The van der Waals surface area contributed by atoms with E-state index in [1.54, 1.807) is 35.0 Å². The van der Waals surface area contributed by atoms with Crippen LogP contribution in [0.5, 0.6) is 0 Å². The van der Waals surface area contributed by atoms with Crippen molar-refractivity contribution >= 4 is 34.2 Å². The van der Waals surface area contributed by atoms with Crippen LogP contribution in [0.3, 0.4) is 0 Å². The number of hydrogen-bond donors (Lipinski definition) is 2. The van der Waals surface area contributed by atoms with E-state index in [-0.39, 0.29) is 5.56 Å². The molecule has 4 heterocycles. The minimum absolute atomic E-state index is 0.249. The molecular formula is C21H21Cl2N3O5. The first kappa shape index (κ1) is 20.9. The van der Waals surface area contributed by atoms with E-state index in [2.05, 4.69) is 9.97 Å². The molecule has 10 heteroatoms. The third kappa shape index (κ3) is 3.21. The first-order valence-electron chi connectivity index (χ1n) is 9.81. The van der Waals surface area contributed by atoms with Gasteiger partial charge in [-0.1, -0.05) is 29.3 Å². The molecule has 2 saturated heterocycles. The highest BCUT2D eigenvalue weighted by Crippen LogP contribution is 2.53. The summed E-state index contributed by atoms with van der Waals surface area (Å²) >= 11 is 12.2. The zero-order valence-electron chi connectivity index (χ0n) is 17.0. The molecule has 0 amide bonds. The molecule has 2 aliphatic rings. The third-order valence-corrected chi connectivity index (χ3v) is 6.65. The second-order valence-electron chi connectivity index (χ2n) is 8.48. The topological polar surface area (TPSA) is 98.6 Å². The summed E-state index contributed by atoms with van der Waals surface area (Å²) in [7, 11) is 0. The van der Waals surface area contributed by atoms with Crippen molar-refractivity contribution in [3.05, 3.63) is 62.8 Å². The number of rotatable bonds is 3. The molecule has 1 unspecified atom stereocenters. The van der Waals surface area contributed by atoms with Gasteiger partial charge in [0.25, 0.3) is 5.56 Å². The molecule has 8 nitrogen and oxygen atoms in total. The Balaban J connectivity index is 1.59. The molecule has 2 aromatic heterocycles. The molecule has 5 rings (SSSR count). The fourth-order valence-corrected chi connectivity index (χ4v) is 4.92. The number of aliphatic hydroxyl groups is 1. The highest BCUT2D eigenvalue weighted by atomic mass is 35.5. The van der Waals surface area contributed by atoms with Crippen molar-refractivity contribution in [1.82, 2.24) is 14.5 Å². The summed E-state index contributed by atoms with van der Waals surface area (Å²) in [5.74, 6) is -0.898. The number of aliphatic hydroxyl groups excluding tert-OH is 1. The Bertz CT molecular complexity index is 1230. The van der Waals surface area contributed by atoms with Crippen LogP contribution in [0.2, 0.25) is 10.0 Å². The minimum atomic E-state index is -1.07. The van der Waals surface area contributed by atoms with Gasteiger partial charge < -0.3 is 28.9 Å². The maximum Gasteiger partial charge on any atom is 0.260 e. The van der Waals surface area contributed by atoms with Crippen molar-refractivity contribution in [2.75, 3.05) is 0 Å². The van der Waals surface area contributed by atoms with Crippen molar-refractivity contribution in [2.45, 2.75) is 56.7 Å². The molecule has 0 spiro atoms. The second kappa shape index (κ2) is 7.03. The SMILES string of the molecule is CC1(C)O[C@H]2[C@H](n3ccc4c(=O)[nH]cnc43)O[C@H](C(O)c3ccc(Cl)c(Cl)c3)[C@@]2(C)O1. The Morgan fingerprint density at radius 3 is 2.74 bits per heavy atom. The summed E-state index contributed by atoms with van der Waals surface area (Å²) in [4.78, 5) is 19.0. The summed E-state index contributed by atoms with van der Waals surface area (Å²) in [6, 6.07) is 6.60. The summed E-state index contributed by atoms with van der Waals surface area (Å²) in [6.45, 7) is 5.48. The Hall–Kier alpha value is -1.94. The van der Waals surface area contributed by atoms with Crippen molar-refractivity contribution in [1.29, 1.82) is 0 Å². The zero-order chi connectivity index (χ0) is 22.1. The average Bonchev–Trinajstić information content (AvgIpc) is 3.31. The number of nitrogens with one attached hydrogen (secondary N) is 1. The Morgan fingerprint density at radius 1 is 1.23 bits per heavy atom. The van der Waals surface area contributed by atoms with Crippen molar-refractivity contribution in [3.8, 4) is 0 Å². The predicted octanol–water partition coefficient (Wildman–Crippen LogP) is 3.57. The van der Waals surface area contributed by atoms with Gasteiger partial charge in [0.15, 0.2) is 12.0 Å². The Kier molecular flexibility index (Phi) is 4.75. The molecule has 2 fully saturated rings. The number of ether oxygens (including phenoxy) is 3. The van der Waals surface area contributed by atoms with E-state index in [0.29, 0.717) is 26.6 Å². The van der Waals surface area contributed by atoms with E-state index < -0.39 is 35.9 Å². The molecule has 0 radical (unpaired) electrons. The van der Waals surface area contributed by atoms with Crippen molar-refractivity contribution < 1.29 is 19.3 Å². The lowest BCUT2D eigenvalue weighted by molar-refractivity contribution is -0.223. The van der Waals surface area contributed by atoms with Gasteiger partial charge in [-0.15, -0.1) is 0 Å². The Labute approximate surface area is 187 Å². The van der Waals surface area contributed by atoms with Gasteiger partial charge >= 0.3 is 0 Å². The van der Waals surface area contributed by atoms with E-state index in [0.717, 1.165) is 0 Å². The predicted molar refractivity (Wildman–Crippen MR) is 114 cm³/mol. The molecule has 0 aliphatic carbocycles. The zero-order valence-corrected chi connectivity index (χ0v) is 18.5. The fourth-order valence-electron chi connectivity index (χ4n) is 4.61. The van der Waals surface area contributed by atoms with Gasteiger partial charge in [-0.2, -0.15) is 0 Å². The molecule has 31 heavy (non-hydrogen) atoms. The number of benzene rings is 1. The van der Waals surface area contributed by atoms with Gasteiger partial charge in [-0.25, -0.2) is 4.98 Å². The van der Waals surface area contributed by atoms with E-state index in [1.165, 1.54) is 6.33 Å². The molecular weight excluding hydrogens is 445 g/mol. The van der Waals surface area contributed by atoms with Crippen molar-refractivity contribution in [2.24, 2.45) is 0 Å². The van der Waals surface area contributed by atoms with Gasteiger partial charge in [-0.05, 0) is 44.5 Å². The highest BCUT2D eigenvalue weighted by Gasteiger charge is 2.65. The monoisotopic (exact) mass is 465 g/mol. The number of nitrogens with zero attached hydrogens (tertiary/aromatic N) is 2. The van der Waals surface area contributed by atoms with Crippen LogP contribution >= 0.6 is 23.2 Å². The summed E-state index contributed by atoms with van der Waals surface area (Å²) in [6.07, 6.45) is -0.0417. The summed E-state index contributed by atoms with van der Waals surface area (Å²) in [5, 5.41) is 12.4. The number of aromatic amines is 1. The summed E-state index contributed by atoms with van der Waals surface area (Å²) in [5.41, 5.74) is -0.243. The maximum absolute atomic E-state index is 12.1. The van der Waals surface area contributed by atoms with Crippen LogP contribution in [0.15, 0.2) is 41.6 Å². The summed E-state index contributed by atoms with van der Waals surface area (Å²) < 4.78 is 20.6. The molecule has 1 aromatic carbocycles. The molecule has 2 aliphatic heterocycles. The van der Waals surface area contributed by atoms with E-state index in [9.17, 15) is 9.90 Å². The van der Waals surface area contributed by atoms with E-state index in [1.807, 2.05) is 20.8 Å². The van der Waals surface area contributed by atoms with Gasteiger partial charge in [0.1, 0.15) is 29.6 Å². The first-order chi connectivity index (χ1) is 14.6. The number of aromatic nitrogens is 3. The van der Waals surface area contributed by atoms with Crippen LogP contribution in [-0.2, 0) is 14.2 Å². The van der Waals surface area contributed by atoms with Crippen LogP contribution in [-0.4, -0.2) is 43.2 Å². The van der Waals surface area contributed by atoms with Crippen molar-refractivity contribution in [3.63, 3.8) is 0 Å². The van der Waals surface area contributed by atoms with Gasteiger partial charge in [0.05, 0.1) is 21.8 Å². The van der Waals surface area contributed by atoms with Gasteiger partial charge in [0.2, 0.25) is 0 Å². The van der Waals surface area contributed by atoms with Gasteiger partial charge in [0, 0.05) is 6.20 Å². The maximum atomic E-state index is 12.1. The second-order valence-corrected chi connectivity index (χ2v) is 9.30. The van der Waals surface area contributed by atoms with Crippen LogP contribution in [0.4, 0.5) is 0 Å². The molecule has 164 valence electrons. The van der Waals surface area contributed by atoms with Crippen LogP contribution < -0.4 is 5.56 Å². The number of fused-ring (bicyclic) bond motifs is 2. The highest BCUT2D eigenvalue weighted by molar-refractivity contribution is 6.42. The number of H-pyrrole nitrogens is 1. The lowest BCUT2D eigenvalue weighted by Gasteiger charge is -2.32. The van der Waals surface area contributed by atoms with Crippen LogP contribution in [0, 0.1) is 0 Å². The largest absolute Gasteiger partial charge is 0.386 e. The normalized spacial score (nSPS) is 30.6. The Morgan fingerprint density at radius 2 is 2.00 bits per heavy atom. The molecule has 2 N–H and O–H groups in total. The number of halogens is 2. The van der Waals surface area contributed by atoms with Gasteiger partial charge in [-0.3, -0.25) is 4.79 Å². The standard InChI is InChI=1S/C21H21Cl2N3O5/c1-20(2)30-16-19(26-7-6-11-17(26)24-9-25-18(11)28)29-15(21(16,3)31-20)14(27)10-4-5-12(22)13(23)8-10/h4-9,14-16,19,27H,1-3H3,(H,24,25,28)/t14?,15-,16+,19-,21-/m1/s1. The molecule has 5 atom stereocenters. The number of hydrogen-bond acceptors (Lipinski definition) is 6. The lowest BCUT2D eigenvalue weighted by atomic mass is 9.88. The van der Waals surface area contributed by atoms with E-state index in [4.69, 9.17) is 37.4 Å². The lowest BCUT2D eigenvalue weighted by Crippen LogP contribution is -2.46. The van der Waals surface area contributed by atoms with Crippen LogP contribution in [0.25, 0.3) is 11.0 Å². The van der Waals surface area contributed by atoms with Crippen LogP contribution in [0.1, 0.15) is 38.7 Å². The molecule has 3 aromatic rings.